The zero-order valence-electron chi connectivity index (χ0n) is 12.6. The molecule has 2 nitrogen and oxygen atoms in total. The van der Waals surface area contributed by atoms with E-state index >= 15 is 0 Å². The summed E-state index contributed by atoms with van der Waals surface area (Å²) in [6.07, 6.45) is 6.58. The van der Waals surface area contributed by atoms with Crippen LogP contribution in [0.3, 0.4) is 0 Å². The van der Waals surface area contributed by atoms with Crippen LogP contribution in [-0.4, -0.2) is 23.9 Å². The summed E-state index contributed by atoms with van der Waals surface area (Å²) in [5.41, 5.74) is 2.46. The second kappa shape index (κ2) is 7.28. The Morgan fingerprint density at radius 3 is 2.60 bits per heavy atom. The summed E-state index contributed by atoms with van der Waals surface area (Å²) in [5.74, 6) is 0.677. The average molecular weight is 271 g/mol. The molecule has 0 spiro atoms. The molecule has 1 aliphatic carbocycles. The van der Waals surface area contributed by atoms with Crippen LogP contribution in [0.15, 0.2) is 35.9 Å². The van der Waals surface area contributed by atoms with Gasteiger partial charge in [0, 0.05) is 19.0 Å². The minimum absolute atomic E-state index is 0.316. The molecule has 0 bridgehead atoms. The van der Waals surface area contributed by atoms with Crippen molar-refractivity contribution in [1.82, 2.24) is 4.90 Å². The molecule has 1 aromatic carbocycles. The van der Waals surface area contributed by atoms with Crippen molar-refractivity contribution >= 4 is 12.0 Å². The van der Waals surface area contributed by atoms with Gasteiger partial charge in [-0.05, 0) is 31.7 Å². The maximum Gasteiger partial charge on any atom is 0.225 e. The first kappa shape index (κ1) is 14.8. The van der Waals surface area contributed by atoms with Crippen molar-refractivity contribution in [2.24, 2.45) is 5.92 Å². The van der Waals surface area contributed by atoms with E-state index in [1.54, 1.807) is 0 Å². The van der Waals surface area contributed by atoms with Crippen LogP contribution in [0.4, 0.5) is 0 Å². The topological polar surface area (TPSA) is 20.3 Å². The highest BCUT2D eigenvalue weighted by molar-refractivity contribution is 5.81. The van der Waals surface area contributed by atoms with E-state index < -0.39 is 0 Å². The first-order valence-electron chi connectivity index (χ1n) is 7.71. The van der Waals surface area contributed by atoms with Gasteiger partial charge in [0.25, 0.3) is 0 Å². The minimum Gasteiger partial charge on any atom is -0.338 e. The van der Waals surface area contributed by atoms with Crippen LogP contribution in [-0.2, 0) is 4.79 Å². The van der Waals surface area contributed by atoms with Gasteiger partial charge in [-0.2, -0.15) is 0 Å². The maximum atomic E-state index is 12.3. The van der Waals surface area contributed by atoms with E-state index in [4.69, 9.17) is 0 Å². The lowest BCUT2D eigenvalue weighted by molar-refractivity contribution is -0.132. The van der Waals surface area contributed by atoms with Gasteiger partial charge in [0.05, 0.1) is 0 Å². The SMILES string of the molecule is CCCCN(C/C(C)=C\c1ccccc1)C(=O)C1CC1. The van der Waals surface area contributed by atoms with E-state index in [2.05, 4.69) is 37.0 Å². The van der Waals surface area contributed by atoms with Crippen molar-refractivity contribution < 1.29 is 4.79 Å². The summed E-state index contributed by atoms with van der Waals surface area (Å²) < 4.78 is 0. The third-order valence-electron chi connectivity index (χ3n) is 3.67. The molecule has 1 aromatic rings. The van der Waals surface area contributed by atoms with Gasteiger partial charge in [0.2, 0.25) is 5.91 Å². The van der Waals surface area contributed by atoms with Gasteiger partial charge in [-0.15, -0.1) is 0 Å². The molecule has 2 rings (SSSR count). The number of carbonyl (C=O) groups excluding carboxylic acids is 1. The zero-order valence-corrected chi connectivity index (χ0v) is 12.6. The fourth-order valence-corrected chi connectivity index (χ4v) is 2.39. The Hall–Kier alpha value is -1.57. The predicted molar refractivity (Wildman–Crippen MR) is 84.3 cm³/mol. The van der Waals surface area contributed by atoms with E-state index in [0.29, 0.717) is 11.8 Å². The number of hydrogen-bond acceptors (Lipinski definition) is 1. The maximum absolute atomic E-state index is 12.3. The molecule has 0 unspecified atom stereocenters. The highest BCUT2D eigenvalue weighted by Gasteiger charge is 2.33. The normalized spacial score (nSPS) is 15.2. The molecule has 0 aliphatic heterocycles. The smallest absolute Gasteiger partial charge is 0.225 e. The molecular weight excluding hydrogens is 246 g/mol. The van der Waals surface area contributed by atoms with Crippen LogP contribution < -0.4 is 0 Å². The lowest BCUT2D eigenvalue weighted by atomic mass is 10.1. The van der Waals surface area contributed by atoms with Crippen molar-refractivity contribution in [3.05, 3.63) is 41.5 Å². The second-order valence-electron chi connectivity index (χ2n) is 5.79. The molecule has 0 heterocycles. The van der Waals surface area contributed by atoms with Crippen molar-refractivity contribution in [2.45, 2.75) is 39.5 Å². The number of rotatable bonds is 7. The van der Waals surface area contributed by atoms with E-state index in [1.165, 1.54) is 11.1 Å². The highest BCUT2D eigenvalue weighted by atomic mass is 16.2. The molecule has 0 saturated heterocycles. The zero-order chi connectivity index (χ0) is 14.4. The summed E-state index contributed by atoms with van der Waals surface area (Å²) in [7, 11) is 0. The molecule has 0 N–H and O–H groups in total. The number of carbonyl (C=O) groups is 1. The van der Waals surface area contributed by atoms with Gasteiger partial charge in [0.15, 0.2) is 0 Å². The van der Waals surface area contributed by atoms with Crippen LogP contribution in [0.2, 0.25) is 0 Å². The molecule has 108 valence electrons. The van der Waals surface area contributed by atoms with Gasteiger partial charge in [0.1, 0.15) is 0 Å². The van der Waals surface area contributed by atoms with E-state index in [-0.39, 0.29) is 0 Å². The lowest BCUT2D eigenvalue weighted by Gasteiger charge is -2.23. The van der Waals surface area contributed by atoms with Gasteiger partial charge < -0.3 is 4.90 Å². The lowest BCUT2D eigenvalue weighted by Crippen LogP contribution is -2.34. The highest BCUT2D eigenvalue weighted by Crippen LogP contribution is 2.31. The van der Waals surface area contributed by atoms with Crippen LogP contribution >= 0.6 is 0 Å². The van der Waals surface area contributed by atoms with Gasteiger partial charge in [-0.25, -0.2) is 0 Å². The molecule has 0 aromatic heterocycles. The molecule has 1 fully saturated rings. The monoisotopic (exact) mass is 271 g/mol. The Balaban J connectivity index is 1.98. The number of benzene rings is 1. The van der Waals surface area contributed by atoms with Crippen molar-refractivity contribution in [3.63, 3.8) is 0 Å². The Morgan fingerprint density at radius 2 is 2.00 bits per heavy atom. The quantitative estimate of drug-likeness (QED) is 0.730. The summed E-state index contributed by atoms with van der Waals surface area (Å²) >= 11 is 0. The molecule has 20 heavy (non-hydrogen) atoms. The Morgan fingerprint density at radius 1 is 1.30 bits per heavy atom. The Labute approximate surface area is 122 Å². The largest absolute Gasteiger partial charge is 0.338 e. The molecule has 1 saturated carbocycles. The first-order chi connectivity index (χ1) is 9.70. The van der Waals surface area contributed by atoms with Crippen LogP contribution in [0, 0.1) is 5.92 Å². The van der Waals surface area contributed by atoms with Crippen molar-refractivity contribution in [3.8, 4) is 0 Å². The number of unbranched alkanes of at least 4 members (excludes halogenated alkanes) is 1. The molecular formula is C18H25NO. The molecule has 0 atom stereocenters. The van der Waals surface area contributed by atoms with Crippen LogP contribution in [0.25, 0.3) is 6.08 Å². The fraction of sp³-hybridized carbons (Fsp3) is 0.500. The van der Waals surface area contributed by atoms with Gasteiger partial charge in [-0.1, -0.05) is 55.3 Å². The predicted octanol–water partition coefficient (Wildman–Crippen LogP) is 4.13. The standard InChI is InChI=1S/C18H25NO/c1-3-4-12-19(18(20)17-10-11-17)14-15(2)13-16-8-6-5-7-9-16/h5-9,13,17H,3-4,10-12,14H2,1-2H3/b15-13-. The van der Waals surface area contributed by atoms with Gasteiger partial charge >= 0.3 is 0 Å². The molecule has 0 radical (unpaired) electrons. The van der Waals surface area contributed by atoms with Gasteiger partial charge in [-0.3, -0.25) is 4.79 Å². The summed E-state index contributed by atoms with van der Waals surface area (Å²) in [5, 5.41) is 0. The number of hydrogen-bond donors (Lipinski definition) is 0. The third kappa shape index (κ3) is 4.52. The Bertz CT molecular complexity index is 460. The minimum atomic E-state index is 0.316. The van der Waals surface area contributed by atoms with Crippen molar-refractivity contribution in [2.75, 3.05) is 13.1 Å². The molecule has 1 amide bonds. The van der Waals surface area contributed by atoms with Crippen molar-refractivity contribution in [1.29, 1.82) is 0 Å². The summed E-state index contributed by atoms with van der Waals surface area (Å²) in [6, 6.07) is 10.3. The van der Waals surface area contributed by atoms with E-state index in [1.807, 2.05) is 18.2 Å². The molecule has 1 aliphatic rings. The third-order valence-corrected chi connectivity index (χ3v) is 3.67. The van der Waals surface area contributed by atoms with Crippen LogP contribution in [0.1, 0.15) is 45.1 Å². The average Bonchev–Trinajstić information content (AvgIpc) is 3.28. The first-order valence-corrected chi connectivity index (χ1v) is 7.71. The number of amides is 1. The molecule has 2 heteroatoms. The summed E-state index contributed by atoms with van der Waals surface area (Å²) in [6.45, 7) is 5.95. The summed E-state index contributed by atoms with van der Waals surface area (Å²) in [4.78, 5) is 14.3. The van der Waals surface area contributed by atoms with E-state index in [0.717, 1.165) is 38.8 Å². The van der Waals surface area contributed by atoms with E-state index in [9.17, 15) is 4.79 Å². The fourth-order valence-electron chi connectivity index (χ4n) is 2.39. The number of nitrogens with zero attached hydrogens (tertiary/aromatic N) is 1. The Kier molecular flexibility index (Phi) is 5.40. The van der Waals surface area contributed by atoms with Crippen LogP contribution in [0.5, 0.6) is 0 Å². The second-order valence-corrected chi connectivity index (χ2v) is 5.79.